The van der Waals surface area contributed by atoms with Gasteiger partial charge in [0.2, 0.25) is 0 Å². The highest BCUT2D eigenvalue weighted by Gasteiger charge is 2.14. The second-order valence-corrected chi connectivity index (χ2v) is 5.17. The molecule has 0 saturated heterocycles. The van der Waals surface area contributed by atoms with Crippen LogP contribution in [0.15, 0.2) is 22.7 Å². The summed E-state index contributed by atoms with van der Waals surface area (Å²) < 4.78 is 0.722. The van der Waals surface area contributed by atoms with Crippen LogP contribution in [0.4, 0.5) is 5.69 Å². The average molecular weight is 317 g/mol. The van der Waals surface area contributed by atoms with Crippen LogP contribution < -0.4 is 0 Å². The highest BCUT2D eigenvalue weighted by molar-refractivity contribution is 9.10. The number of nitro groups is 1. The molecule has 0 amide bonds. The number of aliphatic hydroxyl groups excluding tert-OH is 1. The Morgan fingerprint density at radius 3 is 2.61 bits per heavy atom. The van der Waals surface area contributed by atoms with Crippen molar-refractivity contribution in [3.05, 3.63) is 38.3 Å². The Labute approximate surface area is 115 Å². The van der Waals surface area contributed by atoms with Crippen molar-refractivity contribution in [1.29, 1.82) is 0 Å². The highest BCUT2D eigenvalue weighted by atomic mass is 79.9. The molecule has 0 saturated carbocycles. The van der Waals surface area contributed by atoms with Crippen molar-refractivity contribution in [2.24, 2.45) is 0 Å². The van der Waals surface area contributed by atoms with Gasteiger partial charge in [-0.05, 0) is 25.5 Å². The van der Waals surface area contributed by atoms with Gasteiger partial charge in [0.15, 0.2) is 0 Å². The molecule has 5 nitrogen and oxygen atoms in total. The van der Waals surface area contributed by atoms with Crippen LogP contribution in [-0.4, -0.2) is 34.1 Å². The Morgan fingerprint density at radius 1 is 1.50 bits per heavy atom. The van der Waals surface area contributed by atoms with Gasteiger partial charge < -0.3 is 5.11 Å². The molecule has 0 aliphatic heterocycles. The van der Waals surface area contributed by atoms with Crippen molar-refractivity contribution in [3.8, 4) is 0 Å². The molecule has 1 rings (SSSR count). The molecule has 1 aromatic carbocycles. The van der Waals surface area contributed by atoms with E-state index in [1.165, 1.54) is 12.1 Å². The fourth-order valence-corrected chi connectivity index (χ4v) is 2.14. The third kappa shape index (κ3) is 4.04. The molecule has 18 heavy (non-hydrogen) atoms. The largest absolute Gasteiger partial charge is 0.395 e. The normalized spacial score (nSPS) is 11.2. The molecule has 100 valence electrons. The minimum absolute atomic E-state index is 0.0730. The lowest BCUT2D eigenvalue weighted by atomic mass is 10.1. The first-order chi connectivity index (χ1) is 8.45. The van der Waals surface area contributed by atoms with E-state index in [9.17, 15) is 10.1 Å². The molecule has 0 fully saturated rings. The van der Waals surface area contributed by atoms with Crippen LogP contribution in [0.25, 0.3) is 0 Å². The third-order valence-corrected chi connectivity index (χ3v) is 3.48. The summed E-state index contributed by atoms with van der Waals surface area (Å²) in [5, 5.41) is 19.6. The summed E-state index contributed by atoms with van der Waals surface area (Å²) in [7, 11) is 0. The van der Waals surface area contributed by atoms with Crippen molar-refractivity contribution in [2.75, 3.05) is 13.2 Å². The van der Waals surface area contributed by atoms with Crippen LogP contribution in [0.3, 0.4) is 0 Å². The SMILES string of the molecule is CC(C)N(CCO)Cc1ccc([N+](=O)[O-])cc1Br. The smallest absolute Gasteiger partial charge is 0.270 e. The van der Waals surface area contributed by atoms with Crippen LogP contribution in [0.1, 0.15) is 19.4 Å². The minimum Gasteiger partial charge on any atom is -0.395 e. The molecule has 1 aromatic rings. The summed E-state index contributed by atoms with van der Waals surface area (Å²) in [6.07, 6.45) is 0. The molecule has 1 N–H and O–H groups in total. The lowest BCUT2D eigenvalue weighted by Crippen LogP contribution is -2.33. The molecule has 0 aliphatic carbocycles. The van der Waals surface area contributed by atoms with Crippen molar-refractivity contribution >= 4 is 21.6 Å². The Bertz CT molecular complexity index is 424. The van der Waals surface area contributed by atoms with Gasteiger partial charge in [-0.1, -0.05) is 15.9 Å². The number of nitrogens with zero attached hydrogens (tertiary/aromatic N) is 2. The summed E-state index contributed by atoms with van der Waals surface area (Å²) in [4.78, 5) is 12.3. The second-order valence-electron chi connectivity index (χ2n) is 4.32. The van der Waals surface area contributed by atoms with E-state index < -0.39 is 4.92 Å². The van der Waals surface area contributed by atoms with Crippen molar-refractivity contribution in [3.63, 3.8) is 0 Å². The predicted octanol–water partition coefficient (Wildman–Crippen LogP) is 2.56. The Morgan fingerprint density at radius 2 is 2.17 bits per heavy atom. The Hall–Kier alpha value is -0.980. The maximum absolute atomic E-state index is 10.6. The van der Waals surface area contributed by atoms with E-state index in [2.05, 4.69) is 34.7 Å². The van der Waals surface area contributed by atoms with Crippen LogP contribution in [0, 0.1) is 10.1 Å². The third-order valence-electron chi connectivity index (χ3n) is 2.74. The first-order valence-corrected chi connectivity index (χ1v) is 6.52. The maximum Gasteiger partial charge on any atom is 0.270 e. The topological polar surface area (TPSA) is 66.6 Å². The zero-order chi connectivity index (χ0) is 13.7. The number of halogens is 1. The zero-order valence-electron chi connectivity index (χ0n) is 10.5. The average Bonchev–Trinajstić information content (AvgIpc) is 2.30. The van der Waals surface area contributed by atoms with E-state index in [1.54, 1.807) is 6.07 Å². The highest BCUT2D eigenvalue weighted by Crippen LogP contribution is 2.24. The molecular weight excluding hydrogens is 300 g/mol. The maximum atomic E-state index is 10.6. The molecular formula is C12H17BrN2O3. The monoisotopic (exact) mass is 316 g/mol. The van der Waals surface area contributed by atoms with E-state index in [0.29, 0.717) is 19.1 Å². The van der Waals surface area contributed by atoms with Gasteiger partial charge in [-0.2, -0.15) is 0 Å². The molecule has 0 bridgehead atoms. The number of aliphatic hydroxyl groups is 1. The standard InChI is InChI=1S/C12H17BrN2O3/c1-9(2)14(5-6-16)8-10-3-4-11(15(17)18)7-12(10)13/h3-4,7,9,16H,5-6,8H2,1-2H3. The number of nitro benzene ring substituents is 1. The van der Waals surface area contributed by atoms with Crippen LogP contribution in [0.5, 0.6) is 0 Å². The van der Waals surface area contributed by atoms with Gasteiger partial charge in [-0.3, -0.25) is 15.0 Å². The molecule has 0 unspecified atom stereocenters. The molecule has 0 radical (unpaired) electrons. The molecule has 6 heteroatoms. The number of hydrogen-bond acceptors (Lipinski definition) is 4. The van der Waals surface area contributed by atoms with Crippen LogP contribution in [0.2, 0.25) is 0 Å². The van der Waals surface area contributed by atoms with Gasteiger partial charge in [-0.25, -0.2) is 0 Å². The summed E-state index contributed by atoms with van der Waals surface area (Å²) in [5.74, 6) is 0. The summed E-state index contributed by atoms with van der Waals surface area (Å²) in [6.45, 7) is 5.44. The van der Waals surface area contributed by atoms with Gasteiger partial charge in [0.1, 0.15) is 0 Å². The lowest BCUT2D eigenvalue weighted by molar-refractivity contribution is -0.384. The first-order valence-electron chi connectivity index (χ1n) is 5.73. The molecule has 0 heterocycles. The summed E-state index contributed by atoms with van der Waals surface area (Å²) in [6, 6.07) is 5.05. The molecule has 0 spiro atoms. The first kappa shape index (κ1) is 15.1. The second kappa shape index (κ2) is 6.82. The van der Waals surface area contributed by atoms with Gasteiger partial charge in [0, 0.05) is 35.7 Å². The summed E-state index contributed by atoms with van der Waals surface area (Å²) in [5.41, 5.74) is 1.05. The molecule has 0 atom stereocenters. The Balaban J connectivity index is 2.86. The van der Waals surface area contributed by atoms with E-state index >= 15 is 0 Å². The lowest BCUT2D eigenvalue weighted by Gasteiger charge is -2.26. The number of benzene rings is 1. The van der Waals surface area contributed by atoms with Crippen molar-refractivity contribution in [2.45, 2.75) is 26.4 Å². The fraction of sp³-hybridized carbons (Fsp3) is 0.500. The van der Waals surface area contributed by atoms with E-state index in [1.807, 2.05) is 0 Å². The zero-order valence-corrected chi connectivity index (χ0v) is 12.1. The quantitative estimate of drug-likeness (QED) is 0.647. The van der Waals surface area contributed by atoms with Crippen molar-refractivity contribution in [1.82, 2.24) is 4.90 Å². The number of hydrogen-bond donors (Lipinski definition) is 1. The van der Waals surface area contributed by atoms with Crippen LogP contribution >= 0.6 is 15.9 Å². The van der Waals surface area contributed by atoms with Gasteiger partial charge in [0.25, 0.3) is 5.69 Å². The van der Waals surface area contributed by atoms with Gasteiger partial charge in [0.05, 0.1) is 11.5 Å². The summed E-state index contributed by atoms with van der Waals surface area (Å²) >= 11 is 3.35. The minimum atomic E-state index is -0.414. The molecule has 0 aliphatic rings. The van der Waals surface area contributed by atoms with Crippen LogP contribution in [-0.2, 0) is 6.54 Å². The predicted molar refractivity (Wildman–Crippen MR) is 73.4 cm³/mol. The van der Waals surface area contributed by atoms with E-state index in [0.717, 1.165) is 10.0 Å². The fourth-order valence-electron chi connectivity index (χ4n) is 1.65. The molecule has 0 aromatic heterocycles. The van der Waals surface area contributed by atoms with Gasteiger partial charge in [-0.15, -0.1) is 0 Å². The van der Waals surface area contributed by atoms with Crippen molar-refractivity contribution < 1.29 is 10.0 Å². The number of non-ortho nitro benzene ring substituents is 1. The van der Waals surface area contributed by atoms with Gasteiger partial charge >= 0.3 is 0 Å². The van der Waals surface area contributed by atoms with E-state index in [-0.39, 0.29) is 12.3 Å². The number of rotatable bonds is 6. The van der Waals surface area contributed by atoms with E-state index in [4.69, 9.17) is 5.11 Å². The Kier molecular flexibility index (Phi) is 5.71.